The van der Waals surface area contributed by atoms with Crippen LogP contribution in [-0.4, -0.2) is 12.5 Å². The first-order valence-electron chi connectivity index (χ1n) is 6.29. The van der Waals surface area contributed by atoms with Crippen molar-refractivity contribution in [1.29, 1.82) is 5.26 Å². The van der Waals surface area contributed by atoms with Crippen LogP contribution in [0.5, 0.6) is 0 Å². The Morgan fingerprint density at radius 1 is 1.50 bits per heavy atom. The van der Waals surface area contributed by atoms with Gasteiger partial charge in [0, 0.05) is 13.5 Å². The maximum absolute atomic E-state index is 10.7. The van der Waals surface area contributed by atoms with Crippen molar-refractivity contribution in [3.8, 4) is 6.07 Å². The number of hydrogen-bond donors (Lipinski definition) is 1. The molecule has 0 aromatic rings. The smallest absolute Gasteiger partial charge is 0.216 e. The molecule has 0 aliphatic heterocycles. The molecule has 0 radical (unpaired) electrons. The fourth-order valence-corrected chi connectivity index (χ4v) is 1.50. The summed E-state index contributed by atoms with van der Waals surface area (Å²) in [5.41, 5.74) is 0.644. The van der Waals surface area contributed by atoms with Gasteiger partial charge in [-0.15, -0.1) is 0 Å². The van der Waals surface area contributed by atoms with Crippen molar-refractivity contribution in [2.45, 2.75) is 33.6 Å². The van der Waals surface area contributed by atoms with E-state index in [4.69, 9.17) is 5.26 Å². The summed E-state index contributed by atoms with van der Waals surface area (Å²) < 4.78 is 0. The summed E-state index contributed by atoms with van der Waals surface area (Å²) in [7, 11) is 0. The molecule has 0 fully saturated rings. The highest BCUT2D eigenvalue weighted by molar-refractivity contribution is 5.72. The summed E-state index contributed by atoms with van der Waals surface area (Å²) in [6.07, 6.45) is 11.4. The van der Waals surface area contributed by atoms with Gasteiger partial charge in [-0.3, -0.25) is 4.79 Å². The molecule has 3 nitrogen and oxygen atoms in total. The van der Waals surface area contributed by atoms with E-state index in [2.05, 4.69) is 24.4 Å². The van der Waals surface area contributed by atoms with Crippen LogP contribution in [0.1, 0.15) is 33.6 Å². The molecule has 1 amide bonds. The van der Waals surface area contributed by atoms with Crippen LogP contribution in [0.3, 0.4) is 0 Å². The third-order valence-corrected chi connectivity index (χ3v) is 2.55. The molecule has 0 bridgehead atoms. The summed E-state index contributed by atoms with van der Waals surface area (Å²) in [5.74, 6) is 0.437. The van der Waals surface area contributed by atoms with E-state index >= 15 is 0 Å². The van der Waals surface area contributed by atoms with Crippen molar-refractivity contribution >= 4 is 5.91 Å². The molecule has 18 heavy (non-hydrogen) atoms. The van der Waals surface area contributed by atoms with Gasteiger partial charge in [0.2, 0.25) is 5.91 Å². The maximum atomic E-state index is 10.7. The van der Waals surface area contributed by atoms with Crippen LogP contribution >= 0.6 is 0 Å². The van der Waals surface area contributed by atoms with Crippen LogP contribution in [0.15, 0.2) is 36.0 Å². The Balaban J connectivity index is 4.27. The van der Waals surface area contributed by atoms with Crippen LogP contribution in [0.25, 0.3) is 0 Å². The number of allylic oxidation sites excluding steroid dienone is 6. The average molecular weight is 246 g/mol. The van der Waals surface area contributed by atoms with Gasteiger partial charge in [-0.05, 0) is 37.8 Å². The number of nitrogens with zero attached hydrogens (tertiary/aromatic N) is 1. The van der Waals surface area contributed by atoms with E-state index in [0.29, 0.717) is 18.0 Å². The molecule has 0 spiro atoms. The van der Waals surface area contributed by atoms with Gasteiger partial charge in [-0.2, -0.15) is 5.26 Å². The molecule has 1 unspecified atom stereocenters. The predicted molar refractivity (Wildman–Crippen MR) is 74.7 cm³/mol. The van der Waals surface area contributed by atoms with Crippen LogP contribution in [0.4, 0.5) is 0 Å². The Morgan fingerprint density at radius 2 is 2.22 bits per heavy atom. The lowest BCUT2D eigenvalue weighted by Crippen LogP contribution is -2.22. The van der Waals surface area contributed by atoms with Crippen LogP contribution in [0, 0.1) is 17.2 Å². The SMILES string of the molecule is C\C=C/C(C#N)=C\C=C\C(CC)CCNC(C)=O. The lowest BCUT2D eigenvalue weighted by Gasteiger charge is -2.09. The van der Waals surface area contributed by atoms with E-state index in [0.717, 1.165) is 12.8 Å². The number of nitrogens with one attached hydrogen (secondary N) is 1. The summed E-state index contributed by atoms with van der Waals surface area (Å²) in [6.45, 7) is 6.22. The predicted octanol–water partition coefficient (Wildman–Crippen LogP) is 3.12. The van der Waals surface area contributed by atoms with Crippen LogP contribution in [0.2, 0.25) is 0 Å². The molecule has 1 atom stereocenters. The second kappa shape index (κ2) is 10.3. The largest absolute Gasteiger partial charge is 0.356 e. The van der Waals surface area contributed by atoms with E-state index in [-0.39, 0.29) is 5.91 Å². The normalized spacial score (nSPS) is 13.8. The molecule has 0 aliphatic rings. The minimum atomic E-state index is 0.00794. The lowest BCUT2D eigenvalue weighted by molar-refractivity contribution is -0.118. The molecule has 0 saturated carbocycles. The highest BCUT2D eigenvalue weighted by atomic mass is 16.1. The van der Waals surface area contributed by atoms with E-state index in [1.54, 1.807) is 12.2 Å². The second-order valence-electron chi connectivity index (χ2n) is 4.06. The highest BCUT2D eigenvalue weighted by Gasteiger charge is 2.01. The van der Waals surface area contributed by atoms with Crippen LogP contribution in [-0.2, 0) is 4.79 Å². The van der Waals surface area contributed by atoms with Crippen molar-refractivity contribution in [2.24, 2.45) is 5.92 Å². The fraction of sp³-hybridized carbons (Fsp3) is 0.467. The number of carbonyl (C=O) groups excluding carboxylic acids is 1. The summed E-state index contributed by atoms with van der Waals surface area (Å²) in [4.78, 5) is 10.7. The van der Waals surface area contributed by atoms with Gasteiger partial charge in [-0.1, -0.05) is 25.2 Å². The standard InChI is InChI=1S/C15H22N2O/c1-4-7-15(12-16)9-6-8-14(5-2)10-11-17-13(3)18/h4,6-9,14H,5,10-11H2,1-3H3,(H,17,18)/b7-4-,8-6+,15-9+. The zero-order valence-corrected chi connectivity index (χ0v) is 11.4. The quantitative estimate of drug-likeness (QED) is 0.554. The van der Waals surface area contributed by atoms with E-state index in [9.17, 15) is 4.79 Å². The maximum Gasteiger partial charge on any atom is 0.216 e. The molecule has 0 aliphatic carbocycles. The van der Waals surface area contributed by atoms with E-state index in [1.165, 1.54) is 6.92 Å². The van der Waals surface area contributed by atoms with Crippen molar-refractivity contribution in [1.82, 2.24) is 5.32 Å². The Bertz CT molecular complexity index is 372. The van der Waals surface area contributed by atoms with Crippen molar-refractivity contribution in [3.05, 3.63) is 36.0 Å². The Morgan fingerprint density at radius 3 is 2.72 bits per heavy atom. The van der Waals surface area contributed by atoms with E-state index in [1.807, 2.05) is 19.1 Å². The van der Waals surface area contributed by atoms with Crippen LogP contribution < -0.4 is 5.32 Å². The Kier molecular flexibility index (Phi) is 9.30. The Labute approximate surface area is 110 Å². The van der Waals surface area contributed by atoms with E-state index < -0.39 is 0 Å². The molecule has 1 N–H and O–H groups in total. The first-order valence-corrected chi connectivity index (χ1v) is 6.29. The van der Waals surface area contributed by atoms with Crippen molar-refractivity contribution < 1.29 is 4.79 Å². The molecule has 0 aromatic heterocycles. The van der Waals surface area contributed by atoms with Gasteiger partial charge in [-0.25, -0.2) is 0 Å². The zero-order chi connectivity index (χ0) is 13.8. The molecule has 98 valence electrons. The molecule has 0 saturated heterocycles. The van der Waals surface area contributed by atoms with Gasteiger partial charge in [0.05, 0.1) is 11.6 Å². The zero-order valence-electron chi connectivity index (χ0n) is 11.4. The molecular formula is C15H22N2O. The number of hydrogen-bond acceptors (Lipinski definition) is 2. The number of rotatable bonds is 7. The van der Waals surface area contributed by atoms with Gasteiger partial charge in [0.15, 0.2) is 0 Å². The number of carbonyl (C=O) groups is 1. The molecule has 3 heteroatoms. The number of amides is 1. The van der Waals surface area contributed by atoms with Gasteiger partial charge in [0.25, 0.3) is 0 Å². The molecule has 0 aromatic carbocycles. The minimum absolute atomic E-state index is 0.00794. The fourth-order valence-electron chi connectivity index (χ4n) is 1.50. The number of nitriles is 1. The summed E-state index contributed by atoms with van der Waals surface area (Å²) in [5, 5.41) is 11.6. The topological polar surface area (TPSA) is 52.9 Å². The first kappa shape index (κ1) is 16.2. The van der Waals surface area contributed by atoms with Gasteiger partial charge < -0.3 is 5.32 Å². The molecular weight excluding hydrogens is 224 g/mol. The monoisotopic (exact) mass is 246 g/mol. The minimum Gasteiger partial charge on any atom is -0.356 e. The molecule has 0 heterocycles. The van der Waals surface area contributed by atoms with Gasteiger partial charge in [0.1, 0.15) is 0 Å². The lowest BCUT2D eigenvalue weighted by atomic mass is 10.0. The average Bonchev–Trinajstić information content (AvgIpc) is 2.35. The third kappa shape index (κ3) is 8.35. The highest BCUT2D eigenvalue weighted by Crippen LogP contribution is 2.09. The molecule has 0 rings (SSSR count). The van der Waals surface area contributed by atoms with Gasteiger partial charge >= 0.3 is 0 Å². The summed E-state index contributed by atoms with van der Waals surface area (Å²) in [6, 6.07) is 2.12. The van der Waals surface area contributed by atoms with Crippen molar-refractivity contribution in [2.75, 3.05) is 6.54 Å². The summed E-state index contributed by atoms with van der Waals surface area (Å²) >= 11 is 0. The second-order valence-corrected chi connectivity index (χ2v) is 4.06. The first-order chi connectivity index (χ1) is 8.63. The Hall–Kier alpha value is -1.82. The van der Waals surface area contributed by atoms with Crippen molar-refractivity contribution in [3.63, 3.8) is 0 Å². The third-order valence-electron chi connectivity index (χ3n) is 2.55.